The lowest BCUT2D eigenvalue weighted by Crippen LogP contribution is -2.29. The van der Waals surface area contributed by atoms with Crippen LogP contribution in [0.3, 0.4) is 0 Å². The highest BCUT2D eigenvalue weighted by Gasteiger charge is 2.31. The lowest BCUT2D eigenvalue weighted by molar-refractivity contribution is 0.492. The lowest BCUT2D eigenvalue weighted by Gasteiger charge is -2.28. The van der Waals surface area contributed by atoms with Gasteiger partial charge in [0.2, 0.25) is 0 Å². The van der Waals surface area contributed by atoms with E-state index >= 15 is 0 Å². The minimum atomic E-state index is -0.424. The van der Waals surface area contributed by atoms with Crippen molar-refractivity contribution in [2.75, 3.05) is 25.4 Å². The summed E-state index contributed by atoms with van der Waals surface area (Å²) in [4.78, 5) is 7.08. The third-order valence-electron chi connectivity index (χ3n) is 6.63. The zero-order chi connectivity index (χ0) is 24.6. The molecule has 2 aromatic carbocycles. The monoisotopic (exact) mass is 530 g/mol. The van der Waals surface area contributed by atoms with Crippen molar-refractivity contribution in [2.24, 2.45) is 21.4 Å². The van der Waals surface area contributed by atoms with Crippen LogP contribution in [0.25, 0.3) is 5.69 Å². The summed E-state index contributed by atoms with van der Waals surface area (Å²) >= 11 is 14.2. The number of rotatable bonds is 6. The number of thioether (sulfide) groups is 1. The predicted octanol–water partition coefficient (Wildman–Crippen LogP) is 6.84. The number of nitrogens with zero attached hydrogens (tertiary/aromatic N) is 6. The largest absolute Gasteiger partial charge is 0.357 e. The van der Waals surface area contributed by atoms with Gasteiger partial charge in [-0.2, -0.15) is 5.11 Å². The molecule has 0 aliphatic carbocycles. The zero-order valence-electron chi connectivity index (χ0n) is 19.5. The average Bonchev–Trinajstić information content (AvgIpc) is 3.60. The summed E-state index contributed by atoms with van der Waals surface area (Å²) in [6.07, 6.45) is 3.00. The SMILES string of the molecule is CC(C)(c1ccc(Cl)c(Cl)c1)c1cnc(SCC2CCN(C3=NN=NC3)C2)n1-c1ccc(F)cc1. The Morgan fingerprint density at radius 3 is 2.63 bits per heavy atom. The number of likely N-dealkylation sites (tertiary alicyclic amines) is 1. The second kappa shape index (κ2) is 9.91. The standard InChI is InChI=1S/C25H25Cl2FN6S/c1-25(2,17-3-8-20(26)21(27)11-17)22-12-29-24(34(22)19-6-4-18(28)5-7-19)35-15-16-9-10-33(14-16)23-13-30-32-31-23/h3-8,11-12,16H,9-10,13-15H2,1-2H3. The Bertz CT molecular complexity index is 1290. The molecule has 0 bridgehead atoms. The van der Waals surface area contributed by atoms with E-state index in [9.17, 15) is 4.39 Å². The zero-order valence-corrected chi connectivity index (χ0v) is 21.8. The van der Waals surface area contributed by atoms with Crippen molar-refractivity contribution in [3.05, 3.63) is 75.8 Å². The minimum absolute atomic E-state index is 0.271. The summed E-state index contributed by atoms with van der Waals surface area (Å²) in [5.74, 6) is 2.11. The third kappa shape index (κ3) is 4.97. The molecule has 2 aliphatic heterocycles. The maximum atomic E-state index is 13.7. The summed E-state index contributed by atoms with van der Waals surface area (Å²) in [6, 6.07) is 12.2. The van der Waals surface area contributed by atoms with Gasteiger partial charge < -0.3 is 4.90 Å². The van der Waals surface area contributed by atoms with E-state index in [2.05, 4.69) is 38.8 Å². The quantitative estimate of drug-likeness (QED) is 0.328. The number of halogens is 3. The molecule has 5 rings (SSSR count). The van der Waals surface area contributed by atoms with Crippen LogP contribution in [-0.2, 0) is 5.41 Å². The van der Waals surface area contributed by atoms with Crippen molar-refractivity contribution in [1.29, 1.82) is 0 Å². The van der Waals surface area contributed by atoms with Crippen molar-refractivity contribution >= 4 is 40.8 Å². The van der Waals surface area contributed by atoms with Crippen LogP contribution in [-0.4, -0.2) is 45.7 Å². The Kier molecular flexibility index (Phi) is 6.88. The number of aromatic nitrogens is 2. The first kappa shape index (κ1) is 24.3. The first-order chi connectivity index (χ1) is 16.8. The molecule has 1 atom stereocenters. The number of hydrogen-bond donors (Lipinski definition) is 0. The van der Waals surface area contributed by atoms with Gasteiger partial charge in [0.05, 0.1) is 21.9 Å². The molecule has 35 heavy (non-hydrogen) atoms. The second-order valence-electron chi connectivity index (χ2n) is 9.31. The number of hydrogen-bond acceptors (Lipinski definition) is 6. The van der Waals surface area contributed by atoms with E-state index in [0.717, 1.165) is 53.2 Å². The van der Waals surface area contributed by atoms with E-state index in [1.165, 1.54) is 12.1 Å². The normalized spacial score (nSPS) is 17.9. The molecule has 1 fully saturated rings. The molecule has 0 radical (unpaired) electrons. The fraction of sp³-hybridized carbons (Fsp3) is 0.360. The van der Waals surface area contributed by atoms with Crippen molar-refractivity contribution in [2.45, 2.75) is 30.8 Å². The van der Waals surface area contributed by atoms with Gasteiger partial charge in [-0.1, -0.05) is 54.9 Å². The van der Waals surface area contributed by atoms with E-state index in [1.54, 1.807) is 23.9 Å². The number of benzene rings is 2. The van der Waals surface area contributed by atoms with E-state index < -0.39 is 5.41 Å². The van der Waals surface area contributed by atoms with Crippen LogP contribution >= 0.6 is 35.0 Å². The van der Waals surface area contributed by atoms with Crippen LogP contribution in [0.1, 0.15) is 31.5 Å². The topological polar surface area (TPSA) is 58.1 Å². The Morgan fingerprint density at radius 1 is 1.11 bits per heavy atom. The molecular weight excluding hydrogens is 506 g/mol. The highest BCUT2D eigenvalue weighted by Crippen LogP contribution is 2.38. The number of imidazole rings is 1. The van der Waals surface area contributed by atoms with Crippen LogP contribution in [0.2, 0.25) is 10.0 Å². The fourth-order valence-electron chi connectivity index (χ4n) is 4.52. The molecule has 0 saturated carbocycles. The predicted molar refractivity (Wildman–Crippen MR) is 140 cm³/mol. The van der Waals surface area contributed by atoms with Crippen molar-refractivity contribution in [3.63, 3.8) is 0 Å². The van der Waals surface area contributed by atoms with Crippen LogP contribution in [0, 0.1) is 11.7 Å². The van der Waals surface area contributed by atoms with Crippen molar-refractivity contribution in [3.8, 4) is 5.69 Å². The molecule has 1 saturated heterocycles. The first-order valence-corrected chi connectivity index (χ1v) is 13.2. The van der Waals surface area contributed by atoms with Gasteiger partial charge >= 0.3 is 0 Å². The Balaban J connectivity index is 1.43. The maximum absolute atomic E-state index is 13.7. The minimum Gasteiger partial charge on any atom is -0.357 e. The molecular formula is C25H25Cl2FN6S. The molecule has 10 heteroatoms. The second-order valence-corrected chi connectivity index (χ2v) is 11.1. The molecule has 2 aliphatic rings. The Labute approximate surface area is 218 Å². The molecule has 6 nitrogen and oxygen atoms in total. The van der Waals surface area contributed by atoms with Gasteiger partial charge in [-0.15, -0.1) is 5.10 Å². The molecule has 0 N–H and O–H groups in total. The van der Waals surface area contributed by atoms with Gasteiger partial charge in [-0.3, -0.25) is 4.57 Å². The fourth-order valence-corrected chi connectivity index (χ4v) is 5.93. The average molecular weight is 531 g/mol. The highest BCUT2D eigenvalue weighted by molar-refractivity contribution is 7.99. The summed E-state index contributed by atoms with van der Waals surface area (Å²) in [6.45, 7) is 6.74. The molecule has 0 amide bonds. The first-order valence-electron chi connectivity index (χ1n) is 11.4. The van der Waals surface area contributed by atoms with E-state index in [0.29, 0.717) is 22.5 Å². The van der Waals surface area contributed by atoms with Gasteiger partial charge in [0.1, 0.15) is 12.4 Å². The van der Waals surface area contributed by atoms with Crippen LogP contribution in [0.15, 0.2) is 69.3 Å². The molecule has 1 aromatic heterocycles. The molecule has 1 unspecified atom stereocenters. The molecule has 182 valence electrons. The third-order valence-corrected chi connectivity index (χ3v) is 8.55. The summed E-state index contributed by atoms with van der Waals surface area (Å²) in [5, 5.41) is 13.7. The molecule has 3 heterocycles. The smallest absolute Gasteiger partial charge is 0.172 e. The van der Waals surface area contributed by atoms with Gasteiger partial charge in [-0.05, 0) is 59.5 Å². The van der Waals surface area contributed by atoms with Gasteiger partial charge in [-0.25, -0.2) is 9.37 Å². The molecule has 3 aromatic rings. The van der Waals surface area contributed by atoms with Crippen LogP contribution < -0.4 is 0 Å². The summed E-state index contributed by atoms with van der Waals surface area (Å²) in [5.41, 5.74) is 2.45. The van der Waals surface area contributed by atoms with Gasteiger partial charge in [0, 0.05) is 29.9 Å². The summed E-state index contributed by atoms with van der Waals surface area (Å²) in [7, 11) is 0. The van der Waals surface area contributed by atoms with Crippen molar-refractivity contribution in [1.82, 2.24) is 14.5 Å². The van der Waals surface area contributed by atoms with Crippen LogP contribution in [0.4, 0.5) is 4.39 Å². The highest BCUT2D eigenvalue weighted by atomic mass is 35.5. The Hall–Kier alpha value is -2.42. The number of amidine groups is 1. The van der Waals surface area contributed by atoms with E-state index in [1.807, 2.05) is 24.4 Å². The molecule has 0 spiro atoms. The van der Waals surface area contributed by atoms with Crippen LogP contribution in [0.5, 0.6) is 0 Å². The van der Waals surface area contributed by atoms with E-state index in [-0.39, 0.29) is 5.82 Å². The van der Waals surface area contributed by atoms with E-state index in [4.69, 9.17) is 28.2 Å². The lowest BCUT2D eigenvalue weighted by atomic mass is 9.81. The maximum Gasteiger partial charge on any atom is 0.172 e. The Morgan fingerprint density at radius 2 is 1.91 bits per heavy atom. The van der Waals surface area contributed by atoms with Crippen molar-refractivity contribution < 1.29 is 4.39 Å². The van der Waals surface area contributed by atoms with Gasteiger partial charge in [0.25, 0.3) is 0 Å². The van der Waals surface area contributed by atoms with Gasteiger partial charge in [0.15, 0.2) is 11.0 Å². The summed E-state index contributed by atoms with van der Waals surface area (Å²) < 4.78 is 15.9.